The molecule has 1 aromatic rings. The number of methoxy groups -OCH3 is 2. The summed E-state index contributed by atoms with van der Waals surface area (Å²) in [5.41, 5.74) is 0.388. The normalized spacial score (nSPS) is 15.8. The number of hydrogen-bond acceptors (Lipinski definition) is 5. The highest BCUT2D eigenvalue weighted by molar-refractivity contribution is 7.90. The molecule has 1 aromatic carbocycles. The molecular weight excluding hydrogens is 318 g/mol. The molecular formula is C16H23NO5S. The average Bonchev–Trinajstić information content (AvgIpc) is 3.29. The third-order valence-corrected chi connectivity index (χ3v) is 4.92. The molecule has 0 bridgehead atoms. The number of hydrogen-bond donors (Lipinski definition) is 0. The fourth-order valence-corrected chi connectivity index (χ4v) is 3.75. The maximum absolute atomic E-state index is 13.0. The van der Waals surface area contributed by atoms with Gasteiger partial charge in [0.1, 0.15) is 21.3 Å². The van der Waals surface area contributed by atoms with Crippen molar-refractivity contribution in [1.29, 1.82) is 0 Å². The van der Waals surface area contributed by atoms with Crippen LogP contribution in [0.5, 0.6) is 11.5 Å². The molecule has 1 amide bonds. The van der Waals surface area contributed by atoms with Gasteiger partial charge >= 0.3 is 0 Å². The first-order chi connectivity index (χ1) is 10.8. The fourth-order valence-electron chi connectivity index (χ4n) is 2.72. The zero-order chi connectivity index (χ0) is 17.2. The standard InChI is InChI=1S/C16H23NO5S/c1-11(10-23(4,19)20)17(12-5-6-12)16(18)14-9-13(21-2)7-8-15(14)22-3/h7-9,11-12H,5-6,10H2,1-4H3/t11-/m1/s1. The Morgan fingerprint density at radius 2 is 1.96 bits per heavy atom. The summed E-state index contributed by atoms with van der Waals surface area (Å²) in [6, 6.07) is 4.73. The Morgan fingerprint density at radius 3 is 2.43 bits per heavy atom. The first-order valence-electron chi connectivity index (χ1n) is 7.49. The van der Waals surface area contributed by atoms with Crippen LogP contribution in [0.1, 0.15) is 30.1 Å². The van der Waals surface area contributed by atoms with Gasteiger partial charge in [-0.25, -0.2) is 8.42 Å². The van der Waals surface area contributed by atoms with Crippen LogP contribution in [0.4, 0.5) is 0 Å². The highest BCUT2D eigenvalue weighted by Crippen LogP contribution is 2.33. The van der Waals surface area contributed by atoms with E-state index in [0.29, 0.717) is 17.1 Å². The van der Waals surface area contributed by atoms with E-state index in [9.17, 15) is 13.2 Å². The highest BCUT2D eigenvalue weighted by Gasteiger charge is 2.38. The van der Waals surface area contributed by atoms with Gasteiger partial charge in [-0.2, -0.15) is 0 Å². The van der Waals surface area contributed by atoms with Gasteiger partial charge in [-0.3, -0.25) is 4.79 Å². The second-order valence-corrected chi connectivity index (χ2v) is 8.14. The van der Waals surface area contributed by atoms with Crippen LogP contribution in [0.3, 0.4) is 0 Å². The van der Waals surface area contributed by atoms with E-state index in [1.807, 2.05) is 0 Å². The van der Waals surface area contributed by atoms with Crippen LogP contribution in [-0.2, 0) is 9.84 Å². The lowest BCUT2D eigenvalue weighted by Gasteiger charge is -2.29. The summed E-state index contributed by atoms with van der Waals surface area (Å²) in [6.45, 7) is 1.77. The van der Waals surface area contributed by atoms with E-state index in [-0.39, 0.29) is 23.7 Å². The van der Waals surface area contributed by atoms with Crippen molar-refractivity contribution in [2.75, 3.05) is 26.2 Å². The van der Waals surface area contributed by atoms with E-state index in [1.54, 1.807) is 30.0 Å². The van der Waals surface area contributed by atoms with Gasteiger partial charge in [-0.1, -0.05) is 0 Å². The molecule has 1 saturated carbocycles. The molecule has 0 aromatic heterocycles. The monoisotopic (exact) mass is 341 g/mol. The molecule has 0 spiro atoms. The lowest BCUT2D eigenvalue weighted by atomic mass is 10.1. The topological polar surface area (TPSA) is 72.9 Å². The number of carbonyl (C=O) groups is 1. The Bertz CT molecular complexity index is 682. The van der Waals surface area contributed by atoms with Crippen molar-refractivity contribution >= 4 is 15.7 Å². The van der Waals surface area contributed by atoms with E-state index in [0.717, 1.165) is 12.8 Å². The zero-order valence-electron chi connectivity index (χ0n) is 13.9. The Morgan fingerprint density at radius 1 is 1.30 bits per heavy atom. The summed E-state index contributed by atoms with van der Waals surface area (Å²) < 4.78 is 33.6. The maximum Gasteiger partial charge on any atom is 0.258 e. The summed E-state index contributed by atoms with van der Waals surface area (Å²) in [5, 5.41) is 0. The van der Waals surface area contributed by atoms with Crippen LogP contribution in [-0.4, -0.2) is 57.5 Å². The summed E-state index contributed by atoms with van der Waals surface area (Å²) in [5.74, 6) is 0.731. The van der Waals surface area contributed by atoms with Crippen molar-refractivity contribution in [2.45, 2.75) is 31.8 Å². The van der Waals surface area contributed by atoms with Gasteiger partial charge in [0.15, 0.2) is 0 Å². The first-order valence-corrected chi connectivity index (χ1v) is 9.55. The summed E-state index contributed by atoms with van der Waals surface area (Å²) in [6.07, 6.45) is 2.98. The predicted octanol–water partition coefficient (Wildman–Crippen LogP) is 1.74. The van der Waals surface area contributed by atoms with Gasteiger partial charge in [0.25, 0.3) is 5.91 Å². The smallest absolute Gasteiger partial charge is 0.258 e. The SMILES string of the molecule is COc1ccc(OC)c(C(=O)N(C2CC2)[C@H](C)CS(C)(=O)=O)c1. The molecule has 1 aliphatic carbocycles. The van der Waals surface area contributed by atoms with Crippen LogP contribution in [0.15, 0.2) is 18.2 Å². The molecule has 128 valence electrons. The third-order valence-electron chi connectivity index (χ3n) is 3.83. The zero-order valence-corrected chi connectivity index (χ0v) is 14.7. The minimum atomic E-state index is -3.17. The van der Waals surface area contributed by atoms with Crippen molar-refractivity contribution in [2.24, 2.45) is 0 Å². The van der Waals surface area contributed by atoms with E-state index in [4.69, 9.17) is 9.47 Å². The predicted molar refractivity (Wildman–Crippen MR) is 87.9 cm³/mol. The Kier molecular flexibility index (Phi) is 5.19. The molecule has 23 heavy (non-hydrogen) atoms. The molecule has 0 N–H and O–H groups in total. The maximum atomic E-state index is 13.0. The number of rotatable bonds is 7. The molecule has 2 rings (SSSR count). The number of sulfone groups is 1. The molecule has 0 saturated heterocycles. The molecule has 0 aliphatic heterocycles. The van der Waals surface area contributed by atoms with Crippen LogP contribution < -0.4 is 9.47 Å². The Balaban J connectivity index is 2.35. The van der Waals surface area contributed by atoms with Crippen molar-refractivity contribution in [3.8, 4) is 11.5 Å². The van der Waals surface area contributed by atoms with E-state index >= 15 is 0 Å². The van der Waals surface area contributed by atoms with Gasteiger partial charge in [0, 0.05) is 18.3 Å². The van der Waals surface area contributed by atoms with Crippen LogP contribution in [0, 0.1) is 0 Å². The van der Waals surface area contributed by atoms with Gasteiger partial charge in [0.2, 0.25) is 0 Å². The molecule has 7 heteroatoms. The number of nitrogens with zero attached hydrogens (tertiary/aromatic N) is 1. The summed E-state index contributed by atoms with van der Waals surface area (Å²) in [4.78, 5) is 14.7. The first kappa shape index (κ1) is 17.6. The largest absolute Gasteiger partial charge is 0.497 e. The van der Waals surface area contributed by atoms with Crippen molar-refractivity contribution in [3.63, 3.8) is 0 Å². The number of benzene rings is 1. The van der Waals surface area contributed by atoms with Crippen LogP contribution in [0.25, 0.3) is 0 Å². The second kappa shape index (κ2) is 6.78. The van der Waals surface area contributed by atoms with Gasteiger partial charge in [0.05, 0.1) is 25.5 Å². The average molecular weight is 341 g/mol. The van der Waals surface area contributed by atoms with E-state index in [1.165, 1.54) is 20.5 Å². The number of ether oxygens (including phenoxy) is 2. The quantitative estimate of drug-likeness (QED) is 0.755. The molecule has 6 nitrogen and oxygen atoms in total. The van der Waals surface area contributed by atoms with Crippen LogP contribution >= 0.6 is 0 Å². The van der Waals surface area contributed by atoms with Gasteiger partial charge < -0.3 is 14.4 Å². The lowest BCUT2D eigenvalue weighted by molar-refractivity contribution is 0.0689. The molecule has 1 atom stereocenters. The number of amides is 1. The Labute approximate surface area is 137 Å². The fraction of sp³-hybridized carbons (Fsp3) is 0.562. The minimum Gasteiger partial charge on any atom is -0.497 e. The third kappa shape index (κ3) is 4.37. The summed E-state index contributed by atoms with van der Waals surface area (Å²) in [7, 11) is -0.139. The Hall–Kier alpha value is -1.76. The highest BCUT2D eigenvalue weighted by atomic mass is 32.2. The van der Waals surface area contributed by atoms with Crippen LogP contribution in [0.2, 0.25) is 0 Å². The minimum absolute atomic E-state index is 0.0540. The molecule has 0 heterocycles. The molecule has 1 aliphatic rings. The van der Waals surface area contributed by atoms with Crippen molar-refractivity contribution in [1.82, 2.24) is 4.90 Å². The van der Waals surface area contributed by atoms with Crippen molar-refractivity contribution < 1.29 is 22.7 Å². The molecule has 0 unspecified atom stereocenters. The second-order valence-electron chi connectivity index (χ2n) is 5.95. The molecule has 0 radical (unpaired) electrons. The van der Waals surface area contributed by atoms with Gasteiger partial charge in [-0.05, 0) is 38.0 Å². The molecule has 1 fully saturated rings. The number of carbonyl (C=O) groups excluding carboxylic acids is 1. The summed E-state index contributed by atoms with van der Waals surface area (Å²) >= 11 is 0. The van der Waals surface area contributed by atoms with E-state index in [2.05, 4.69) is 0 Å². The van der Waals surface area contributed by atoms with Gasteiger partial charge in [-0.15, -0.1) is 0 Å². The van der Waals surface area contributed by atoms with E-state index < -0.39 is 9.84 Å². The van der Waals surface area contributed by atoms with Crippen molar-refractivity contribution in [3.05, 3.63) is 23.8 Å². The lowest BCUT2D eigenvalue weighted by Crippen LogP contribution is -2.43.